The molecule has 196 valence electrons. The van der Waals surface area contributed by atoms with Crippen LogP contribution < -0.4 is 0 Å². The molecule has 0 spiro atoms. The number of carbonyl (C=O) groups excluding carboxylic acids is 3. The fourth-order valence-electron chi connectivity index (χ4n) is 10.5. The smallest absolute Gasteiger partial charge is 0.309 e. The van der Waals surface area contributed by atoms with Crippen LogP contribution in [0.2, 0.25) is 0 Å². The highest BCUT2D eigenvalue weighted by Gasteiger charge is 2.83. The molecular formula is C27H34O9. The molecule has 4 aliphatic carbocycles. The van der Waals surface area contributed by atoms with E-state index in [4.69, 9.17) is 18.9 Å². The number of hydrogen-bond acceptors (Lipinski definition) is 9. The van der Waals surface area contributed by atoms with E-state index in [2.05, 4.69) is 0 Å². The lowest BCUT2D eigenvalue weighted by atomic mass is 9.43. The van der Waals surface area contributed by atoms with E-state index in [0.29, 0.717) is 12.8 Å². The lowest BCUT2D eigenvalue weighted by Crippen LogP contribution is -2.74. The molecule has 4 saturated heterocycles. The molecule has 0 radical (unpaired) electrons. The van der Waals surface area contributed by atoms with Crippen molar-refractivity contribution in [2.45, 2.75) is 101 Å². The monoisotopic (exact) mass is 502 g/mol. The van der Waals surface area contributed by atoms with Gasteiger partial charge < -0.3 is 29.2 Å². The van der Waals surface area contributed by atoms with Crippen molar-refractivity contribution in [3.05, 3.63) is 0 Å². The van der Waals surface area contributed by atoms with Crippen LogP contribution in [0.1, 0.15) is 53.4 Å². The Hall–Kier alpha value is -1.39. The summed E-state index contributed by atoms with van der Waals surface area (Å²) in [5.74, 6) is -2.64. The predicted molar refractivity (Wildman–Crippen MR) is 119 cm³/mol. The van der Waals surface area contributed by atoms with Crippen molar-refractivity contribution in [2.24, 2.45) is 46.8 Å². The Morgan fingerprint density at radius 3 is 2.42 bits per heavy atom. The van der Waals surface area contributed by atoms with Crippen molar-refractivity contribution in [3.63, 3.8) is 0 Å². The number of ketones is 2. The molecule has 8 fully saturated rings. The minimum absolute atomic E-state index is 0.00378. The molecule has 36 heavy (non-hydrogen) atoms. The minimum atomic E-state index is -1.83. The first kappa shape index (κ1) is 22.6. The number of ether oxygens (including phenoxy) is 4. The number of fused-ring (bicyclic) bond motifs is 4. The standard InChI is InChI=1S/C27H34O9/c1-9-10(2)23(30)34-20(9)22-25(4,31)19-14-5-12-11-6-17-27(32)21(29)15(33-17)7-16(28)24(27,3)13(11)8-26(35-14,36-22)18(12)19/h9-15,17-20,22,31-32H,5-8H2,1-4H3/t9-,10-,11+,12+,13+,14+,15-,17+,18-,19+,20-,22+,24+,25-,26+,27+/m1/s1. The number of cyclic esters (lactones) is 1. The zero-order valence-corrected chi connectivity index (χ0v) is 21.0. The number of carbonyl (C=O) groups is 3. The molecule has 6 bridgehead atoms. The Balaban J connectivity index is 1.23. The molecular weight excluding hydrogens is 468 g/mol. The molecule has 0 aromatic heterocycles. The zero-order chi connectivity index (χ0) is 25.3. The van der Waals surface area contributed by atoms with E-state index in [1.807, 2.05) is 13.8 Å². The Morgan fingerprint density at radius 2 is 1.72 bits per heavy atom. The molecule has 0 unspecified atom stereocenters. The van der Waals surface area contributed by atoms with Crippen LogP contribution in [-0.4, -0.2) is 75.3 Å². The molecule has 0 aromatic rings. The molecule has 0 amide bonds. The number of rotatable bonds is 1. The molecule has 8 rings (SSSR count). The Labute approximate surface area is 209 Å². The maximum atomic E-state index is 13.6. The predicted octanol–water partition coefficient (Wildman–Crippen LogP) is 0.768. The second kappa shape index (κ2) is 6.25. The number of Topliss-reactive ketones (excluding diaryl/α,β-unsaturated/α-hetero) is 2. The van der Waals surface area contributed by atoms with Gasteiger partial charge >= 0.3 is 5.97 Å². The fourth-order valence-corrected chi connectivity index (χ4v) is 10.5. The maximum Gasteiger partial charge on any atom is 0.309 e. The van der Waals surface area contributed by atoms with E-state index in [1.54, 1.807) is 13.8 Å². The third-order valence-electron chi connectivity index (χ3n) is 12.4. The van der Waals surface area contributed by atoms with Crippen molar-refractivity contribution < 1.29 is 43.5 Å². The molecule has 16 atom stereocenters. The molecule has 8 aliphatic rings. The van der Waals surface area contributed by atoms with Gasteiger partial charge in [-0.15, -0.1) is 0 Å². The van der Waals surface area contributed by atoms with Gasteiger partial charge in [0.05, 0.1) is 29.1 Å². The van der Waals surface area contributed by atoms with E-state index in [9.17, 15) is 24.6 Å². The number of esters is 1. The first-order valence-electron chi connectivity index (χ1n) is 13.6. The average Bonchev–Trinajstić information content (AvgIpc) is 3.48. The number of hydrogen-bond donors (Lipinski definition) is 2. The van der Waals surface area contributed by atoms with Crippen molar-refractivity contribution in [3.8, 4) is 0 Å². The van der Waals surface area contributed by atoms with Crippen LogP contribution in [0.15, 0.2) is 0 Å². The van der Waals surface area contributed by atoms with Crippen molar-refractivity contribution in [1.82, 2.24) is 0 Å². The summed E-state index contributed by atoms with van der Waals surface area (Å²) in [7, 11) is 0. The van der Waals surface area contributed by atoms with Gasteiger partial charge in [-0.05, 0) is 44.4 Å². The largest absolute Gasteiger partial charge is 0.459 e. The van der Waals surface area contributed by atoms with Crippen LogP contribution in [-0.2, 0) is 33.3 Å². The Kier molecular flexibility index (Phi) is 3.92. The molecule has 9 nitrogen and oxygen atoms in total. The van der Waals surface area contributed by atoms with Gasteiger partial charge in [-0.3, -0.25) is 14.4 Å². The van der Waals surface area contributed by atoms with E-state index >= 15 is 0 Å². The summed E-state index contributed by atoms with van der Waals surface area (Å²) in [4.78, 5) is 39.2. The Morgan fingerprint density at radius 1 is 0.972 bits per heavy atom. The molecule has 0 aromatic carbocycles. The van der Waals surface area contributed by atoms with Gasteiger partial charge in [0.2, 0.25) is 0 Å². The van der Waals surface area contributed by atoms with E-state index in [1.165, 1.54) is 0 Å². The molecule has 4 aliphatic heterocycles. The minimum Gasteiger partial charge on any atom is -0.459 e. The van der Waals surface area contributed by atoms with Gasteiger partial charge in [0.1, 0.15) is 24.1 Å². The van der Waals surface area contributed by atoms with Gasteiger partial charge in [-0.2, -0.15) is 0 Å². The summed E-state index contributed by atoms with van der Waals surface area (Å²) in [5, 5.41) is 23.8. The third kappa shape index (κ3) is 2.10. The molecule has 4 heterocycles. The molecule has 9 heteroatoms. The lowest BCUT2D eigenvalue weighted by molar-refractivity contribution is -0.369. The summed E-state index contributed by atoms with van der Waals surface area (Å²) >= 11 is 0. The van der Waals surface area contributed by atoms with Gasteiger partial charge in [-0.1, -0.05) is 13.8 Å². The van der Waals surface area contributed by atoms with Gasteiger partial charge in [0.15, 0.2) is 17.2 Å². The summed E-state index contributed by atoms with van der Waals surface area (Å²) in [6.07, 6.45) is -1.50. The van der Waals surface area contributed by atoms with Crippen LogP contribution >= 0.6 is 0 Å². The zero-order valence-electron chi connectivity index (χ0n) is 21.0. The fraction of sp³-hybridized carbons (Fsp3) is 0.889. The van der Waals surface area contributed by atoms with Crippen molar-refractivity contribution >= 4 is 17.5 Å². The summed E-state index contributed by atoms with van der Waals surface area (Å²) in [6.45, 7) is 7.32. The first-order chi connectivity index (χ1) is 16.9. The average molecular weight is 503 g/mol. The van der Waals surface area contributed by atoms with Gasteiger partial charge in [-0.25, -0.2) is 0 Å². The van der Waals surface area contributed by atoms with Gasteiger partial charge in [0, 0.05) is 30.6 Å². The van der Waals surface area contributed by atoms with Crippen LogP contribution in [0.3, 0.4) is 0 Å². The van der Waals surface area contributed by atoms with Crippen LogP contribution in [0, 0.1) is 46.8 Å². The molecule has 4 saturated carbocycles. The topological polar surface area (TPSA) is 129 Å². The van der Waals surface area contributed by atoms with E-state index in [0.717, 1.165) is 6.42 Å². The normalized spacial score (nSPS) is 66.1. The highest BCUT2D eigenvalue weighted by Crippen LogP contribution is 2.74. The second-order valence-corrected chi connectivity index (χ2v) is 13.5. The second-order valence-electron chi connectivity index (χ2n) is 13.5. The van der Waals surface area contributed by atoms with Crippen LogP contribution in [0.4, 0.5) is 0 Å². The van der Waals surface area contributed by atoms with E-state index < -0.39 is 46.8 Å². The van der Waals surface area contributed by atoms with Crippen LogP contribution in [0.5, 0.6) is 0 Å². The quantitative estimate of drug-likeness (QED) is 0.500. The summed E-state index contributed by atoms with van der Waals surface area (Å²) in [5.41, 5.74) is -4.37. The van der Waals surface area contributed by atoms with Crippen molar-refractivity contribution in [1.29, 1.82) is 0 Å². The highest BCUT2D eigenvalue weighted by molar-refractivity contribution is 6.08. The lowest BCUT2D eigenvalue weighted by Gasteiger charge is -2.64. The highest BCUT2D eigenvalue weighted by atomic mass is 16.7. The first-order valence-corrected chi connectivity index (χ1v) is 13.6. The molecule has 2 N–H and O–H groups in total. The van der Waals surface area contributed by atoms with Crippen LogP contribution in [0.25, 0.3) is 0 Å². The summed E-state index contributed by atoms with van der Waals surface area (Å²) in [6, 6.07) is 0. The third-order valence-corrected chi connectivity index (χ3v) is 12.4. The number of aliphatic hydroxyl groups is 2. The van der Waals surface area contributed by atoms with Gasteiger partial charge in [0.25, 0.3) is 0 Å². The maximum absolute atomic E-state index is 13.6. The van der Waals surface area contributed by atoms with Crippen molar-refractivity contribution in [2.75, 3.05) is 0 Å². The Bertz CT molecular complexity index is 1120. The SMILES string of the molecule is C[C@H]1[C@H]([C@@H]2O[C@]34C[C@H]5[C@@H](C[C@@H]6O[C@@H]7CC(=O)[C@@]5(C)[C@@]6(O)C7=O)[C@@H]5C[C@H](O3)[C@@H]([C@@H]54)[C@@]2(C)O)OC(=O)[C@@H]1C. The van der Waals surface area contributed by atoms with E-state index in [-0.39, 0.29) is 71.5 Å². The summed E-state index contributed by atoms with van der Waals surface area (Å²) < 4.78 is 25.2.